The van der Waals surface area contributed by atoms with Gasteiger partial charge in [-0.25, -0.2) is 0 Å². The van der Waals surface area contributed by atoms with Crippen molar-refractivity contribution in [3.8, 4) is 11.8 Å². The third-order valence-electron chi connectivity index (χ3n) is 6.51. The lowest BCUT2D eigenvalue weighted by Crippen LogP contribution is -2.30. The Bertz CT molecular complexity index is 1080. The second kappa shape index (κ2) is 10.0. The second-order valence-corrected chi connectivity index (χ2v) is 8.75. The van der Waals surface area contributed by atoms with Gasteiger partial charge in [0.1, 0.15) is 0 Å². The fourth-order valence-electron chi connectivity index (χ4n) is 4.66. The number of nitrogens with one attached hydrogen (secondary N) is 1. The van der Waals surface area contributed by atoms with E-state index >= 15 is 0 Å². The number of aryl methyl sites for hydroxylation is 3. The van der Waals surface area contributed by atoms with Crippen molar-refractivity contribution in [2.24, 2.45) is 5.92 Å². The first-order valence-electron chi connectivity index (χ1n) is 11.6. The fourth-order valence-corrected chi connectivity index (χ4v) is 4.66. The molecule has 1 aliphatic heterocycles. The number of fused-ring (bicyclic) bond motifs is 1. The second-order valence-electron chi connectivity index (χ2n) is 8.75. The standard InChI is InChI=1S/C27H34N4/c1-4-31-25(8-6-15-29-24-12-16-28-21(2)19-24)20-26-23(7-5-9-27(26)31)11-10-22-13-17-30(3)18-14-22/h5,7,9,12,16,19-20,22H,4,10-11,13-15,17-18H2,1-3H3,(H,28,29). The van der Waals surface area contributed by atoms with Gasteiger partial charge in [0.25, 0.3) is 0 Å². The van der Waals surface area contributed by atoms with E-state index in [4.69, 9.17) is 0 Å². The number of hydrogen-bond acceptors (Lipinski definition) is 3. The van der Waals surface area contributed by atoms with Crippen LogP contribution in [0, 0.1) is 24.7 Å². The van der Waals surface area contributed by atoms with Gasteiger partial charge in [0.05, 0.1) is 12.2 Å². The molecule has 3 heterocycles. The Morgan fingerprint density at radius 2 is 2.00 bits per heavy atom. The van der Waals surface area contributed by atoms with Gasteiger partial charge in [0.15, 0.2) is 0 Å². The molecule has 1 fully saturated rings. The monoisotopic (exact) mass is 414 g/mol. The summed E-state index contributed by atoms with van der Waals surface area (Å²) in [6.07, 6.45) is 6.95. The normalized spacial score (nSPS) is 15.1. The number of benzene rings is 1. The molecule has 4 rings (SSSR count). The Morgan fingerprint density at radius 3 is 2.77 bits per heavy atom. The summed E-state index contributed by atoms with van der Waals surface area (Å²) in [5.41, 5.74) is 5.96. The molecule has 0 spiro atoms. The van der Waals surface area contributed by atoms with Crippen molar-refractivity contribution in [2.75, 3.05) is 32.0 Å². The number of nitrogens with zero attached hydrogens (tertiary/aromatic N) is 3. The average Bonchev–Trinajstić information content (AvgIpc) is 3.14. The number of pyridine rings is 1. The van der Waals surface area contributed by atoms with E-state index in [9.17, 15) is 0 Å². The minimum atomic E-state index is 0.623. The van der Waals surface area contributed by atoms with Crippen LogP contribution in [0.2, 0.25) is 0 Å². The molecule has 0 bridgehead atoms. The summed E-state index contributed by atoms with van der Waals surface area (Å²) in [4.78, 5) is 6.69. The largest absolute Gasteiger partial charge is 0.374 e. The zero-order chi connectivity index (χ0) is 21.6. The van der Waals surface area contributed by atoms with Crippen molar-refractivity contribution in [2.45, 2.75) is 46.1 Å². The maximum atomic E-state index is 4.24. The van der Waals surface area contributed by atoms with Crippen LogP contribution in [0.3, 0.4) is 0 Å². The summed E-state index contributed by atoms with van der Waals surface area (Å²) in [7, 11) is 2.24. The van der Waals surface area contributed by atoms with Gasteiger partial charge in [0, 0.05) is 35.0 Å². The first-order chi connectivity index (χ1) is 15.1. The quantitative estimate of drug-likeness (QED) is 0.570. The molecule has 31 heavy (non-hydrogen) atoms. The van der Waals surface area contributed by atoms with E-state index in [0.29, 0.717) is 6.54 Å². The molecule has 162 valence electrons. The molecule has 4 nitrogen and oxygen atoms in total. The zero-order valence-corrected chi connectivity index (χ0v) is 19.1. The highest BCUT2D eigenvalue weighted by Crippen LogP contribution is 2.27. The van der Waals surface area contributed by atoms with Gasteiger partial charge < -0.3 is 14.8 Å². The molecule has 0 unspecified atom stereocenters. The number of anilines is 1. The molecule has 4 heteroatoms. The van der Waals surface area contributed by atoms with E-state index in [2.05, 4.69) is 69.8 Å². The molecule has 2 aromatic heterocycles. The average molecular weight is 415 g/mol. The molecule has 0 atom stereocenters. The zero-order valence-electron chi connectivity index (χ0n) is 19.1. The Morgan fingerprint density at radius 1 is 1.16 bits per heavy atom. The lowest BCUT2D eigenvalue weighted by Gasteiger charge is -2.28. The van der Waals surface area contributed by atoms with Gasteiger partial charge in [-0.2, -0.15) is 0 Å². The van der Waals surface area contributed by atoms with Crippen molar-refractivity contribution in [3.05, 3.63) is 59.5 Å². The van der Waals surface area contributed by atoms with E-state index in [1.165, 1.54) is 48.8 Å². The summed E-state index contributed by atoms with van der Waals surface area (Å²) in [6.45, 7) is 8.25. The Labute approximate surface area is 186 Å². The van der Waals surface area contributed by atoms with Crippen LogP contribution in [0.4, 0.5) is 5.69 Å². The van der Waals surface area contributed by atoms with Gasteiger partial charge >= 0.3 is 0 Å². The van der Waals surface area contributed by atoms with Crippen molar-refractivity contribution in [3.63, 3.8) is 0 Å². The molecule has 1 aromatic carbocycles. The van der Waals surface area contributed by atoms with Gasteiger partial charge in [-0.1, -0.05) is 18.1 Å². The predicted octanol–water partition coefficient (Wildman–Crippen LogP) is 5.10. The van der Waals surface area contributed by atoms with E-state index in [-0.39, 0.29) is 0 Å². The van der Waals surface area contributed by atoms with Crippen LogP contribution in [0.25, 0.3) is 10.9 Å². The fraction of sp³-hybridized carbons (Fsp3) is 0.444. The minimum absolute atomic E-state index is 0.623. The van der Waals surface area contributed by atoms with Crippen molar-refractivity contribution in [1.82, 2.24) is 14.5 Å². The molecule has 1 aliphatic rings. The van der Waals surface area contributed by atoms with E-state index < -0.39 is 0 Å². The number of likely N-dealkylation sites (tertiary alicyclic amines) is 1. The number of piperidine rings is 1. The third-order valence-corrected chi connectivity index (χ3v) is 6.51. The summed E-state index contributed by atoms with van der Waals surface area (Å²) in [5, 5.41) is 4.75. The van der Waals surface area contributed by atoms with Crippen LogP contribution < -0.4 is 5.32 Å². The van der Waals surface area contributed by atoms with Crippen LogP contribution in [-0.4, -0.2) is 41.1 Å². The molecule has 0 aliphatic carbocycles. The maximum Gasteiger partial charge on any atom is 0.0931 e. The van der Waals surface area contributed by atoms with Crippen molar-refractivity contribution < 1.29 is 0 Å². The molecular weight excluding hydrogens is 380 g/mol. The van der Waals surface area contributed by atoms with Gasteiger partial charge in [-0.15, -0.1) is 0 Å². The molecule has 1 saturated heterocycles. The summed E-state index contributed by atoms with van der Waals surface area (Å²) >= 11 is 0. The Kier molecular flexibility index (Phi) is 6.94. The lowest BCUT2D eigenvalue weighted by atomic mass is 9.90. The molecule has 3 aromatic rings. The highest BCUT2D eigenvalue weighted by atomic mass is 15.1. The Balaban J connectivity index is 1.47. The van der Waals surface area contributed by atoms with Crippen LogP contribution in [0.1, 0.15) is 43.1 Å². The molecule has 0 radical (unpaired) electrons. The molecule has 0 amide bonds. The summed E-state index contributed by atoms with van der Waals surface area (Å²) in [6, 6.07) is 13.1. The van der Waals surface area contributed by atoms with Crippen LogP contribution in [0.15, 0.2) is 42.6 Å². The molecule has 0 saturated carbocycles. The summed E-state index contributed by atoms with van der Waals surface area (Å²) < 4.78 is 2.35. The SMILES string of the molecule is CCn1c(C#CCNc2ccnc(C)c2)cc2c(CCC3CCN(C)CC3)cccc21. The van der Waals surface area contributed by atoms with Gasteiger partial charge in [0.2, 0.25) is 0 Å². The molecule has 1 N–H and O–H groups in total. The highest BCUT2D eigenvalue weighted by molar-refractivity contribution is 5.86. The lowest BCUT2D eigenvalue weighted by molar-refractivity contribution is 0.212. The third kappa shape index (κ3) is 5.29. The predicted molar refractivity (Wildman–Crippen MR) is 130 cm³/mol. The van der Waals surface area contributed by atoms with Crippen LogP contribution in [0.5, 0.6) is 0 Å². The number of hydrogen-bond donors (Lipinski definition) is 1. The number of rotatable bonds is 6. The van der Waals surface area contributed by atoms with Crippen LogP contribution in [-0.2, 0) is 13.0 Å². The van der Waals surface area contributed by atoms with Crippen molar-refractivity contribution >= 4 is 16.6 Å². The maximum absolute atomic E-state index is 4.24. The molecular formula is C27H34N4. The first-order valence-corrected chi connectivity index (χ1v) is 11.6. The van der Waals surface area contributed by atoms with E-state index in [1.54, 1.807) is 0 Å². The highest BCUT2D eigenvalue weighted by Gasteiger charge is 2.17. The summed E-state index contributed by atoms with van der Waals surface area (Å²) in [5.74, 6) is 7.57. The van der Waals surface area contributed by atoms with E-state index in [0.717, 1.165) is 36.0 Å². The van der Waals surface area contributed by atoms with Gasteiger partial charge in [-0.05, 0) is 101 Å². The topological polar surface area (TPSA) is 33.1 Å². The minimum Gasteiger partial charge on any atom is -0.374 e. The van der Waals surface area contributed by atoms with Gasteiger partial charge in [-0.3, -0.25) is 4.98 Å². The number of aromatic nitrogens is 2. The smallest absolute Gasteiger partial charge is 0.0931 e. The van der Waals surface area contributed by atoms with Crippen molar-refractivity contribution in [1.29, 1.82) is 0 Å². The van der Waals surface area contributed by atoms with E-state index in [1.807, 2.05) is 25.3 Å². The van der Waals surface area contributed by atoms with Crippen LogP contribution >= 0.6 is 0 Å². The first kappa shape index (κ1) is 21.5. The Hall–Kier alpha value is -2.77.